The summed E-state index contributed by atoms with van der Waals surface area (Å²) in [6.45, 7) is 2.57. The molecule has 5 nitrogen and oxygen atoms in total. The van der Waals surface area contributed by atoms with E-state index in [1.807, 2.05) is 13.0 Å². The van der Waals surface area contributed by atoms with Crippen LogP contribution in [0.4, 0.5) is 0 Å². The van der Waals surface area contributed by atoms with Crippen LogP contribution in [-0.2, 0) is 25.4 Å². The van der Waals surface area contributed by atoms with Crippen molar-refractivity contribution in [1.29, 1.82) is 0 Å². The first-order chi connectivity index (χ1) is 13.6. The zero-order valence-corrected chi connectivity index (χ0v) is 17.2. The number of quaternary nitrogens is 1. The largest absolute Gasteiger partial charge is 0.455 e. The Morgan fingerprint density at radius 2 is 1.82 bits per heavy atom. The molecule has 4 atom stereocenters. The zero-order valence-electron chi connectivity index (χ0n) is 17.2. The highest BCUT2D eigenvalue weighted by Crippen LogP contribution is 2.28. The molecular formula is C23H36NO4+. The highest BCUT2D eigenvalue weighted by Gasteiger charge is 2.36. The smallest absolute Gasteiger partial charge is 0.365 e. The van der Waals surface area contributed by atoms with Gasteiger partial charge in [-0.05, 0) is 51.0 Å². The minimum absolute atomic E-state index is 0.0204. The van der Waals surface area contributed by atoms with Crippen molar-refractivity contribution in [1.82, 2.24) is 0 Å². The molecule has 0 unspecified atom stereocenters. The summed E-state index contributed by atoms with van der Waals surface area (Å²) in [6, 6.07) is 10.2. The first-order valence-corrected chi connectivity index (χ1v) is 11.0. The molecule has 1 aromatic carbocycles. The van der Waals surface area contributed by atoms with Gasteiger partial charge in [0.25, 0.3) is 0 Å². The maximum Gasteiger partial charge on any atom is 0.365 e. The number of ether oxygens (including phenoxy) is 3. The second-order valence-electron chi connectivity index (χ2n) is 8.28. The number of hydrogen-bond acceptors (Lipinski definition) is 4. The number of aryl methyl sites for hydroxylation is 1. The lowest BCUT2D eigenvalue weighted by molar-refractivity contribution is -0.410. The van der Waals surface area contributed by atoms with E-state index in [0.717, 1.165) is 44.9 Å². The molecule has 156 valence electrons. The molecule has 0 spiro atoms. The summed E-state index contributed by atoms with van der Waals surface area (Å²) >= 11 is 0. The maximum atomic E-state index is 12.3. The molecule has 1 aromatic rings. The third kappa shape index (κ3) is 6.29. The van der Waals surface area contributed by atoms with Crippen LogP contribution in [-0.4, -0.2) is 43.0 Å². The molecule has 5 heteroatoms. The summed E-state index contributed by atoms with van der Waals surface area (Å²) < 4.78 is 18.5. The quantitative estimate of drug-likeness (QED) is 0.574. The third-order valence-electron chi connectivity index (χ3n) is 5.94. The fraction of sp³-hybridized carbons (Fsp3) is 0.696. The van der Waals surface area contributed by atoms with E-state index in [-0.39, 0.29) is 30.3 Å². The molecule has 1 aliphatic carbocycles. The van der Waals surface area contributed by atoms with Crippen LogP contribution < -0.4 is 5.73 Å². The van der Waals surface area contributed by atoms with E-state index in [4.69, 9.17) is 14.2 Å². The lowest BCUT2D eigenvalue weighted by atomic mass is 10.0. The molecular weight excluding hydrogens is 354 g/mol. The molecule has 3 rings (SSSR count). The van der Waals surface area contributed by atoms with Crippen molar-refractivity contribution in [3.05, 3.63) is 35.9 Å². The van der Waals surface area contributed by atoms with Crippen molar-refractivity contribution in [3.8, 4) is 0 Å². The molecule has 1 aliphatic heterocycles. The molecule has 1 heterocycles. The molecule has 1 saturated heterocycles. The van der Waals surface area contributed by atoms with Crippen LogP contribution in [0.3, 0.4) is 0 Å². The Morgan fingerprint density at radius 1 is 1.07 bits per heavy atom. The Morgan fingerprint density at radius 3 is 2.57 bits per heavy atom. The summed E-state index contributed by atoms with van der Waals surface area (Å²) in [5.41, 5.74) is 5.28. The molecule has 3 N–H and O–H groups in total. The summed E-state index contributed by atoms with van der Waals surface area (Å²) in [4.78, 5) is 12.3. The van der Waals surface area contributed by atoms with Crippen LogP contribution in [0, 0.1) is 0 Å². The van der Waals surface area contributed by atoms with Gasteiger partial charge >= 0.3 is 5.97 Å². The van der Waals surface area contributed by atoms with Crippen LogP contribution >= 0.6 is 0 Å². The van der Waals surface area contributed by atoms with Gasteiger partial charge in [-0.15, -0.1) is 0 Å². The Kier molecular flexibility index (Phi) is 8.31. The molecule has 0 bridgehead atoms. The number of carbonyl (C=O) groups is 1. The van der Waals surface area contributed by atoms with Crippen molar-refractivity contribution < 1.29 is 24.7 Å². The van der Waals surface area contributed by atoms with E-state index < -0.39 is 0 Å². The summed E-state index contributed by atoms with van der Waals surface area (Å²) in [7, 11) is 0. The average Bonchev–Trinajstić information content (AvgIpc) is 3.21. The number of cyclic esters (lactones) is 1. The van der Waals surface area contributed by atoms with Gasteiger partial charge in [-0.2, -0.15) is 0 Å². The van der Waals surface area contributed by atoms with Crippen LogP contribution in [0.1, 0.15) is 63.9 Å². The number of benzene rings is 1. The fourth-order valence-corrected chi connectivity index (χ4v) is 4.30. The van der Waals surface area contributed by atoms with Gasteiger partial charge in [0, 0.05) is 13.0 Å². The SMILES string of the molecule is C[C@@H]1OC(=O)[C@@H]([NH3+])CCC[C@H](OC2CCCC2)[C@H]1OCCCc1ccccc1. The first-order valence-electron chi connectivity index (χ1n) is 11.0. The van der Waals surface area contributed by atoms with Gasteiger partial charge in [0.15, 0.2) is 6.04 Å². The molecule has 0 amide bonds. The zero-order chi connectivity index (χ0) is 19.8. The Bertz CT molecular complexity index is 588. The first kappa shape index (κ1) is 21.3. The Labute approximate surface area is 168 Å². The summed E-state index contributed by atoms with van der Waals surface area (Å²) in [6.07, 6.45) is 8.98. The van der Waals surface area contributed by atoms with Crippen molar-refractivity contribution in [2.45, 2.75) is 95.2 Å². The average molecular weight is 391 g/mol. The third-order valence-corrected chi connectivity index (χ3v) is 5.94. The second-order valence-corrected chi connectivity index (χ2v) is 8.28. The highest BCUT2D eigenvalue weighted by atomic mass is 16.6. The highest BCUT2D eigenvalue weighted by molar-refractivity contribution is 5.74. The standard InChI is InChI=1S/C23H35NO4/c1-17-22(26-16-8-11-18-9-3-2-4-10-18)21(28-19-12-5-6-13-19)15-7-14-20(24)23(25)27-17/h2-4,9-10,17,19-22H,5-8,11-16,24H2,1H3/p+1/t17-,20-,21-,22-/m0/s1. The Balaban J connectivity index is 1.60. The lowest BCUT2D eigenvalue weighted by Crippen LogP contribution is -2.65. The Hall–Kier alpha value is -1.43. The normalized spacial score (nSPS) is 29.7. The van der Waals surface area contributed by atoms with Gasteiger partial charge < -0.3 is 19.9 Å². The van der Waals surface area contributed by atoms with Crippen molar-refractivity contribution >= 4 is 5.97 Å². The number of esters is 1. The molecule has 2 aliphatic rings. The van der Waals surface area contributed by atoms with Crippen LogP contribution in [0.5, 0.6) is 0 Å². The number of carbonyl (C=O) groups excluding carboxylic acids is 1. The molecule has 28 heavy (non-hydrogen) atoms. The van der Waals surface area contributed by atoms with Gasteiger partial charge in [-0.25, -0.2) is 4.79 Å². The van der Waals surface area contributed by atoms with Gasteiger partial charge in [0.05, 0.1) is 12.2 Å². The molecule has 1 saturated carbocycles. The van der Waals surface area contributed by atoms with Crippen molar-refractivity contribution in [2.24, 2.45) is 0 Å². The van der Waals surface area contributed by atoms with E-state index in [2.05, 4.69) is 30.0 Å². The summed E-state index contributed by atoms with van der Waals surface area (Å²) in [5, 5.41) is 0. The molecule has 0 aromatic heterocycles. The molecule has 2 fully saturated rings. The topological polar surface area (TPSA) is 72.4 Å². The number of rotatable bonds is 7. The van der Waals surface area contributed by atoms with Gasteiger partial charge in [-0.3, -0.25) is 0 Å². The predicted octanol–water partition coefficient (Wildman–Crippen LogP) is 3.06. The van der Waals surface area contributed by atoms with E-state index in [1.165, 1.54) is 18.4 Å². The number of hydrogen-bond donors (Lipinski definition) is 1. The van der Waals surface area contributed by atoms with Gasteiger partial charge in [-0.1, -0.05) is 43.2 Å². The van der Waals surface area contributed by atoms with Crippen LogP contribution in [0.2, 0.25) is 0 Å². The van der Waals surface area contributed by atoms with E-state index in [0.29, 0.717) is 12.7 Å². The van der Waals surface area contributed by atoms with Crippen molar-refractivity contribution in [3.63, 3.8) is 0 Å². The lowest BCUT2D eigenvalue weighted by Gasteiger charge is -2.32. The van der Waals surface area contributed by atoms with Crippen LogP contribution in [0.25, 0.3) is 0 Å². The monoisotopic (exact) mass is 390 g/mol. The van der Waals surface area contributed by atoms with E-state index in [9.17, 15) is 4.79 Å². The second kappa shape index (κ2) is 10.9. The van der Waals surface area contributed by atoms with E-state index in [1.54, 1.807) is 0 Å². The van der Waals surface area contributed by atoms with Crippen LogP contribution in [0.15, 0.2) is 30.3 Å². The van der Waals surface area contributed by atoms with Gasteiger partial charge in [0.2, 0.25) is 0 Å². The summed E-state index contributed by atoms with van der Waals surface area (Å²) in [5.74, 6) is -0.216. The van der Waals surface area contributed by atoms with E-state index >= 15 is 0 Å². The maximum absolute atomic E-state index is 12.3. The minimum atomic E-state index is -0.321. The fourth-order valence-electron chi connectivity index (χ4n) is 4.30. The van der Waals surface area contributed by atoms with Gasteiger partial charge in [0.1, 0.15) is 12.2 Å². The minimum Gasteiger partial charge on any atom is -0.455 e. The predicted molar refractivity (Wildman–Crippen MR) is 108 cm³/mol. The molecule has 0 radical (unpaired) electrons. The van der Waals surface area contributed by atoms with Crippen molar-refractivity contribution in [2.75, 3.05) is 6.61 Å².